The Balaban J connectivity index is 1.31. The summed E-state index contributed by atoms with van der Waals surface area (Å²) in [6.45, 7) is 4.92. The molecule has 2 aromatic heterocycles. The van der Waals surface area contributed by atoms with Crippen LogP contribution in [-0.2, 0) is 4.79 Å². The first-order valence-electron chi connectivity index (χ1n) is 11.5. The van der Waals surface area contributed by atoms with Gasteiger partial charge in [-0.15, -0.1) is 0 Å². The first-order valence-corrected chi connectivity index (χ1v) is 12.4. The fraction of sp³-hybridized carbons (Fsp3) is 0.346. The van der Waals surface area contributed by atoms with Gasteiger partial charge in [0.15, 0.2) is 0 Å². The molecule has 1 N–H and O–H groups in total. The standard InChI is InChI=1S/C26H28N4O2S/c1-18-24(3-2-11-28-18)30(26(32)22-15-27-16-22)23-6-4-19(5-7-23)20-8-12-29(13-9-20)25(31)21-10-14-33-17-21/h2-7,10-11,14,17,20,22,27H,8-9,12-13,15-16H2,1H3. The summed E-state index contributed by atoms with van der Waals surface area (Å²) in [7, 11) is 0. The number of rotatable bonds is 5. The van der Waals surface area contributed by atoms with Gasteiger partial charge in [-0.05, 0) is 67.0 Å². The van der Waals surface area contributed by atoms with E-state index in [-0.39, 0.29) is 17.7 Å². The van der Waals surface area contributed by atoms with E-state index in [4.69, 9.17) is 0 Å². The van der Waals surface area contributed by atoms with E-state index in [0.29, 0.717) is 5.92 Å². The molecule has 3 aromatic rings. The topological polar surface area (TPSA) is 65.5 Å². The molecule has 6 nitrogen and oxygen atoms in total. The van der Waals surface area contributed by atoms with Crippen LogP contribution in [0.5, 0.6) is 0 Å². The fourth-order valence-corrected chi connectivity index (χ4v) is 5.25. The minimum absolute atomic E-state index is 0.00521. The van der Waals surface area contributed by atoms with Gasteiger partial charge in [0.05, 0.1) is 22.9 Å². The zero-order valence-corrected chi connectivity index (χ0v) is 19.6. The van der Waals surface area contributed by atoms with E-state index in [1.165, 1.54) is 5.56 Å². The van der Waals surface area contributed by atoms with Gasteiger partial charge >= 0.3 is 0 Å². The van der Waals surface area contributed by atoms with Gasteiger partial charge < -0.3 is 10.2 Å². The molecule has 7 heteroatoms. The molecule has 0 bridgehead atoms. The number of aromatic nitrogens is 1. The molecule has 2 aliphatic heterocycles. The highest BCUT2D eigenvalue weighted by molar-refractivity contribution is 7.08. The summed E-state index contributed by atoms with van der Waals surface area (Å²) < 4.78 is 0. The Labute approximate surface area is 198 Å². The summed E-state index contributed by atoms with van der Waals surface area (Å²) in [5.41, 5.74) is 4.60. The van der Waals surface area contributed by atoms with Gasteiger partial charge in [-0.3, -0.25) is 19.5 Å². The summed E-state index contributed by atoms with van der Waals surface area (Å²) in [5, 5.41) is 7.07. The number of aryl methyl sites for hydroxylation is 1. The van der Waals surface area contributed by atoms with Crippen molar-refractivity contribution in [3.05, 3.63) is 76.2 Å². The molecule has 2 amide bonds. The van der Waals surface area contributed by atoms with Crippen LogP contribution in [0.2, 0.25) is 0 Å². The van der Waals surface area contributed by atoms with Gasteiger partial charge in [-0.1, -0.05) is 12.1 Å². The number of nitrogens with zero attached hydrogens (tertiary/aromatic N) is 3. The number of pyridine rings is 1. The Morgan fingerprint density at radius 3 is 2.45 bits per heavy atom. The van der Waals surface area contributed by atoms with Crippen molar-refractivity contribution in [1.82, 2.24) is 15.2 Å². The van der Waals surface area contributed by atoms with Gasteiger partial charge in [0.25, 0.3) is 5.91 Å². The first-order chi connectivity index (χ1) is 16.1. The number of carbonyl (C=O) groups is 2. The highest BCUT2D eigenvalue weighted by atomic mass is 32.1. The van der Waals surface area contributed by atoms with Crippen molar-refractivity contribution >= 4 is 34.5 Å². The zero-order chi connectivity index (χ0) is 22.8. The van der Waals surface area contributed by atoms with Crippen molar-refractivity contribution in [2.24, 2.45) is 5.92 Å². The van der Waals surface area contributed by atoms with E-state index in [1.54, 1.807) is 17.5 Å². The normalized spacial score (nSPS) is 16.9. The highest BCUT2D eigenvalue weighted by Gasteiger charge is 2.32. The third-order valence-electron chi connectivity index (χ3n) is 6.74. The van der Waals surface area contributed by atoms with E-state index in [9.17, 15) is 9.59 Å². The number of amides is 2. The SMILES string of the molecule is Cc1ncccc1N(C(=O)C1CNC1)c1ccc(C2CCN(C(=O)c3ccsc3)CC2)cc1. The third-order valence-corrected chi connectivity index (χ3v) is 7.43. The first kappa shape index (κ1) is 21.8. The average molecular weight is 461 g/mol. The Kier molecular flexibility index (Phi) is 6.24. The van der Waals surface area contributed by atoms with Crippen LogP contribution in [0.1, 0.15) is 40.4 Å². The fourth-order valence-electron chi connectivity index (χ4n) is 4.62. The second kappa shape index (κ2) is 9.45. The summed E-state index contributed by atoms with van der Waals surface area (Å²) in [6, 6.07) is 14.1. The number of anilines is 2. The monoisotopic (exact) mass is 460 g/mol. The summed E-state index contributed by atoms with van der Waals surface area (Å²) in [5.74, 6) is 0.662. The second-order valence-electron chi connectivity index (χ2n) is 8.81. The largest absolute Gasteiger partial charge is 0.339 e. The molecule has 0 spiro atoms. The van der Waals surface area contributed by atoms with Crippen molar-refractivity contribution in [2.45, 2.75) is 25.7 Å². The Morgan fingerprint density at radius 1 is 1.09 bits per heavy atom. The molecule has 33 heavy (non-hydrogen) atoms. The van der Waals surface area contributed by atoms with Crippen molar-refractivity contribution in [3.63, 3.8) is 0 Å². The maximum atomic E-state index is 13.3. The summed E-state index contributed by atoms with van der Waals surface area (Å²) in [4.78, 5) is 34.1. The van der Waals surface area contributed by atoms with Gasteiger partial charge in [0.2, 0.25) is 5.91 Å². The third kappa shape index (κ3) is 4.43. The second-order valence-corrected chi connectivity index (χ2v) is 9.59. The van der Waals surface area contributed by atoms with E-state index in [1.807, 2.05) is 45.7 Å². The summed E-state index contributed by atoms with van der Waals surface area (Å²) >= 11 is 1.56. The van der Waals surface area contributed by atoms with Crippen LogP contribution in [0.15, 0.2) is 59.4 Å². The molecule has 0 unspecified atom stereocenters. The minimum atomic E-state index is -0.00521. The molecular formula is C26H28N4O2S. The lowest BCUT2D eigenvalue weighted by Gasteiger charge is -2.34. The Hall–Kier alpha value is -3.03. The number of likely N-dealkylation sites (tertiary alicyclic amines) is 1. The number of piperidine rings is 1. The van der Waals surface area contributed by atoms with Crippen LogP contribution >= 0.6 is 11.3 Å². The number of carbonyl (C=O) groups excluding carboxylic acids is 2. The van der Waals surface area contributed by atoms with E-state index >= 15 is 0 Å². The van der Waals surface area contributed by atoms with Crippen LogP contribution in [0.4, 0.5) is 11.4 Å². The molecular weight excluding hydrogens is 432 g/mol. The van der Waals surface area contributed by atoms with Crippen molar-refractivity contribution < 1.29 is 9.59 Å². The van der Waals surface area contributed by atoms with Crippen LogP contribution in [-0.4, -0.2) is 47.9 Å². The van der Waals surface area contributed by atoms with E-state index in [2.05, 4.69) is 34.6 Å². The smallest absolute Gasteiger partial charge is 0.254 e. The van der Waals surface area contributed by atoms with E-state index < -0.39 is 0 Å². The molecule has 170 valence electrons. The Morgan fingerprint density at radius 2 is 1.85 bits per heavy atom. The van der Waals surface area contributed by atoms with Gasteiger partial charge in [0, 0.05) is 43.4 Å². The van der Waals surface area contributed by atoms with Crippen LogP contribution in [0, 0.1) is 12.8 Å². The highest BCUT2D eigenvalue weighted by Crippen LogP contribution is 2.34. The minimum Gasteiger partial charge on any atom is -0.339 e. The molecule has 1 aromatic carbocycles. The predicted molar refractivity (Wildman–Crippen MR) is 131 cm³/mol. The summed E-state index contributed by atoms with van der Waals surface area (Å²) in [6.07, 6.45) is 3.66. The number of benzene rings is 1. The molecule has 0 atom stereocenters. The quantitative estimate of drug-likeness (QED) is 0.615. The Bertz CT molecular complexity index is 1120. The molecule has 0 aliphatic carbocycles. The van der Waals surface area contributed by atoms with Crippen LogP contribution in [0.3, 0.4) is 0 Å². The average Bonchev–Trinajstić information content (AvgIpc) is 3.35. The molecule has 2 fully saturated rings. The molecule has 0 saturated carbocycles. The predicted octanol–water partition coefficient (Wildman–Crippen LogP) is 4.36. The lowest BCUT2D eigenvalue weighted by molar-refractivity contribution is -0.123. The molecule has 4 heterocycles. The number of nitrogens with one attached hydrogen (secondary N) is 1. The van der Waals surface area contributed by atoms with Gasteiger partial charge in [-0.25, -0.2) is 0 Å². The van der Waals surface area contributed by atoms with Gasteiger partial charge in [-0.2, -0.15) is 11.3 Å². The van der Waals surface area contributed by atoms with E-state index in [0.717, 1.165) is 61.7 Å². The van der Waals surface area contributed by atoms with Crippen molar-refractivity contribution in [1.29, 1.82) is 0 Å². The lowest BCUT2D eigenvalue weighted by Crippen LogP contribution is -2.51. The van der Waals surface area contributed by atoms with Crippen LogP contribution < -0.4 is 10.2 Å². The molecule has 0 radical (unpaired) electrons. The molecule has 5 rings (SSSR count). The number of hydrogen-bond acceptors (Lipinski definition) is 5. The van der Waals surface area contributed by atoms with Crippen molar-refractivity contribution in [3.8, 4) is 0 Å². The number of thiophene rings is 1. The van der Waals surface area contributed by atoms with Crippen molar-refractivity contribution in [2.75, 3.05) is 31.1 Å². The maximum absolute atomic E-state index is 13.3. The molecule has 2 aliphatic rings. The van der Waals surface area contributed by atoms with Crippen LogP contribution in [0.25, 0.3) is 0 Å². The zero-order valence-electron chi connectivity index (χ0n) is 18.7. The lowest BCUT2D eigenvalue weighted by atomic mass is 9.89. The number of hydrogen-bond donors (Lipinski definition) is 1. The van der Waals surface area contributed by atoms with Gasteiger partial charge in [0.1, 0.15) is 0 Å². The molecule has 2 saturated heterocycles. The maximum Gasteiger partial charge on any atom is 0.254 e.